The predicted octanol–water partition coefficient (Wildman–Crippen LogP) is 1.77. The van der Waals surface area contributed by atoms with Gasteiger partial charge in [-0.15, -0.1) is 0 Å². The minimum absolute atomic E-state index is 0.0676. The number of aryl methyl sites for hydroxylation is 1. The van der Waals surface area contributed by atoms with Crippen LogP contribution in [0.3, 0.4) is 0 Å². The normalized spacial score (nSPS) is 10.9. The van der Waals surface area contributed by atoms with Crippen molar-refractivity contribution in [2.45, 2.75) is 6.92 Å². The lowest BCUT2D eigenvalue weighted by atomic mass is 10.1. The molecule has 0 aromatic heterocycles. The van der Waals surface area contributed by atoms with Crippen molar-refractivity contribution in [3.63, 3.8) is 0 Å². The molecule has 0 heterocycles. The van der Waals surface area contributed by atoms with Crippen LogP contribution in [0.1, 0.15) is 11.1 Å². The van der Waals surface area contributed by atoms with Crippen LogP contribution in [0.25, 0.3) is 0 Å². The van der Waals surface area contributed by atoms with Gasteiger partial charge in [0, 0.05) is 18.8 Å². The predicted molar refractivity (Wildman–Crippen MR) is 55.6 cm³/mol. The van der Waals surface area contributed by atoms with E-state index in [1.807, 2.05) is 0 Å². The van der Waals surface area contributed by atoms with Crippen LogP contribution in [0.15, 0.2) is 11.1 Å². The smallest absolute Gasteiger partial charge is 0.188 e. The van der Waals surface area contributed by atoms with E-state index in [4.69, 9.17) is 10.5 Å². The van der Waals surface area contributed by atoms with Gasteiger partial charge in [-0.3, -0.25) is 4.99 Å². The van der Waals surface area contributed by atoms with Gasteiger partial charge in [-0.2, -0.15) is 0 Å². The first-order valence-corrected chi connectivity index (χ1v) is 4.16. The molecular weight excluding hydrogens is 183 g/mol. The number of anilines is 1. The number of aliphatic imine (C=N–C) groups is 1. The third-order valence-electron chi connectivity index (χ3n) is 1.95. The fourth-order valence-electron chi connectivity index (χ4n) is 1.30. The molecule has 0 saturated heterocycles. The van der Waals surface area contributed by atoms with E-state index in [0.29, 0.717) is 11.1 Å². The molecule has 0 atom stereocenters. The lowest BCUT2D eigenvalue weighted by molar-refractivity contribution is 0.384. The van der Waals surface area contributed by atoms with Crippen LogP contribution in [0.4, 0.5) is 10.1 Å². The third-order valence-corrected chi connectivity index (χ3v) is 1.95. The van der Waals surface area contributed by atoms with E-state index in [1.165, 1.54) is 13.3 Å². The highest BCUT2D eigenvalue weighted by atomic mass is 19.1. The minimum Gasteiger partial charge on any atom is -0.493 e. The lowest BCUT2D eigenvalue weighted by Crippen LogP contribution is -2.02. The topological polar surface area (TPSA) is 47.6 Å². The number of nitrogen functional groups attached to an aromatic ring is 1. The zero-order chi connectivity index (χ0) is 10.7. The Balaban J connectivity index is 3.39. The van der Waals surface area contributed by atoms with Crippen LogP contribution in [0.2, 0.25) is 0 Å². The Bertz CT molecular complexity index is 375. The first-order chi connectivity index (χ1) is 6.61. The van der Waals surface area contributed by atoms with Gasteiger partial charge in [0.2, 0.25) is 0 Å². The standard InChI is InChI=1S/C10H13FN2O/c1-6-4-7(5-13-2)9(12)8(11)10(6)14-3/h4-5H,12H2,1-3H3. The summed E-state index contributed by atoms with van der Waals surface area (Å²) in [6.45, 7) is 1.76. The first kappa shape index (κ1) is 10.5. The molecule has 1 aromatic carbocycles. The van der Waals surface area contributed by atoms with Gasteiger partial charge in [0.1, 0.15) is 0 Å². The molecule has 0 aliphatic carbocycles. The molecule has 0 amide bonds. The second-order valence-corrected chi connectivity index (χ2v) is 2.93. The molecule has 0 spiro atoms. The van der Waals surface area contributed by atoms with Crippen LogP contribution >= 0.6 is 0 Å². The Kier molecular flexibility index (Phi) is 3.06. The van der Waals surface area contributed by atoms with Crippen molar-refractivity contribution in [3.05, 3.63) is 23.0 Å². The van der Waals surface area contributed by atoms with E-state index < -0.39 is 5.82 Å². The van der Waals surface area contributed by atoms with Gasteiger partial charge in [-0.05, 0) is 18.6 Å². The summed E-state index contributed by atoms with van der Waals surface area (Å²) in [6.07, 6.45) is 1.52. The maximum Gasteiger partial charge on any atom is 0.188 e. The molecule has 1 rings (SSSR count). The number of halogens is 1. The molecule has 14 heavy (non-hydrogen) atoms. The summed E-state index contributed by atoms with van der Waals surface area (Å²) in [4.78, 5) is 3.79. The number of hydrogen-bond acceptors (Lipinski definition) is 3. The van der Waals surface area contributed by atoms with Gasteiger partial charge >= 0.3 is 0 Å². The van der Waals surface area contributed by atoms with Crippen molar-refractivity contribution in [2.75, 3.05) is 19.9 Å². The van der Waals surface area contributed by atoms with E-state index >= 15 is 0 Å². The summed E-state index contributed by atoms with van der Waals surface area (Å²) >= 11 is 0. The first-order valence-electron chi connectivity index (χ1n) is 4.16. The molecule has 0 bridgehead atoms. The SMILES string of the molecule is CN=Cc1cc(C)c(OC)c(F)c1N. The molecule has 76 valence electrons. The lowest BCUT2D eigenvalue weighted by Gasteiger charge is -2.10. The van der Waals surface area contributed by atoms with Gasteiger partial charge in [-0.1, -0.05) is 0 Å². The van der Waals surface area contributed by atoms with Crippen LogP contribution < -0.4 is 10.5 Å². The molecule has 1 aromatic rings. The molecule has 4 heteroatoms. The van der Waals surface area contributed by atoms with E-state index in [2.05, 4.69) is 4.99 Å². The van der Waals surface area contributed by atoms with E-state index in [0.717, 1.165) is 0 Å². The number of nitrogens with two attached hydrogens (primary N) is 1. The molecule has 2 N–H and O–H groups in total. The highest BCUT2D eigenvalue weighted by molar-refractivity contribution is 5.88. The molecule has 0 unspecified atom stereocenters. The summed E-state index contributed by atoms with van der Waals surface area (Å²) in [5.74, 6) is -0.335. The van der Waals surface area contributed by atoms with Crippen molar-refractivity contribution in [3.8, 4) is 5.75 Å². The second kappa shape index (κ2) is 4.09. The van der Waals surface area contributed by atoms with E-state index in [1.54, 1.807) is 20.0 Å². The maximum atomic E-state index is 13.5. The average molecular weight is 196 g/mol. The molecule has 3 nitrogen and oxygen atoms in total. The van der Waals surface area contributed by atoms with Gasteiger partial charge in [0.15, 0.2) is 11.6 Å². The monoisotopic (exact) mass is 196 g/mol. The summed E-state index contributed by atoms with van der Waals surface area (Å²) in [5, 5.41) is 0. The van der Waals surface area contributed by atoms with Crippen LogP contribution in [0, 0.1) is 12.7 Å². The number of benzene rings is 1. The van der Waals surface area contributed by atoms with Crippen molar-refractivity contribution in [1.82, 2.24) is 0 Å². The summed E-state index contributed by atoms with van der Waals surface area (Å²) < 4.78 is 18.4. The number of methoxy groups -OCH3 is 1. The number of hydrogen-bond donors (Lipinski definition) is 1. The number of rotatable bonds is 2. The quantitative estimate of drug-likeness (QED) is 0.579. The zero-order valence-electron chi connectivity index (χ0n) is 8.47. The Morgan fingerprint density at radius 1 is 1.57 bits per heavy atom. The largest absolute Gasteiger partial charge is 0.493 e. The third kappa shape index (κ3) is 1.69. The second-order valence-electron chi connectivity index (χ2n) is 2.93. The van der Waals surface area contributed by atoms with Crippen molar-refractivity contribution in [2.24, 2.45) is 4.99 Å². The Morgan fingerprint density at radius 3 is 2.71 bits per heavy atom. The molecular formula is C10H13FN2O. The van der Waals surface area contributed by atoms with Crippen LogP contribution in [0.5, 0.6) is 5.75 Å². The Labute approximate surface area is 82.4 Å². The van der Waals surface area contributed by atoms with Crippen LogP contribution in [-0.2, 0) is 0 Å². The average Bonchev–Trinajstić information content (AvgIpc) is 2.15. The minimum atomic E-state index is -0.526. The Morgan fingerprint density at radius 2 is 2.21 bits per heavy atom. The highest BCUT2D eigenvalue weighted by Crippen LogP contribution is 2.28. The molecule has 0 fully saturated rings. The molecule has 0 radical (unpaired) electrons. The summed E-state index contributed by atoms with van der Waals surface area (Å²) in [7, 11) is 3.02. The fraction of sp³-hybridized carbons (Fsp3) is 0.300. The summed E-state index contributed by atoms with van der Waals surface area (Å²) in [5.41, 5.74) is 6.91. The van der Waals surface area contributed by atoms with Crippen LogP contribution in [-0.4, -0.2) is 20.4 Å². The Hall–Kier alpha value is -1.58. The number of ether oxygens (including phenoxy) is 1. The van der Waals surface area contributed by atoms with Gasteiger partial charge in [0.05, 0.1) is 12.8 Å². The van der Waals surface area contributed by atoms with Gasteiger partial charge in [0.25, 0.3) is 0 Å². The van der Waals surface area contributed by atoms with Gasteiger partial charge < -0.3 is 10.5 Å². The maximum absolute atomic E-state index is 13.5. The number of nitrogens with zero attached hydrogens (tertiary/aromatic N) is 1. The van der Waals surface area contributed by atoms with E-state index in [9.17, 15) is 4.39 Å². The van der Waals surface area contributed by atoms with Crippen molar-refractivity contribution in [1.29, 1.82) is 0 Å². The highest BCUT2D eigenvalue weighted by Gasteiger charge is 2.13. The van der Waals surface area contributed by atoms with Gasteiger partial charge in [-0.25, -0.2) is 4.39 Å². The molecule has 0 aliphatic heterocycles. The summed E-state index contributed by atoms with van der Waals surface area (Å²) in [6, 6.07) is 1.74. The van der Waals surface area contributed by atoms with Crippen molar-refractivity contribution < 1.29 is 9.13 Å². The fourth-order valence-corrected chi connectivity index (χ4v) is 1.30. The molecule has 0 aliphatic rings. The molecule has 0 saturated carbocycles. The van der Waals surface area contributed by atoms with E-state index in [-0.39, 0.29) is 11.4 Å². The van der Waals surface area contributed by atoms with Crippen molar-refractivity contribution >= 4 is 11.9 Å². The zero-order valence-corrected chi connectivity index (χ0v) is 8.47.